The molecule has 0 saturated heterocycles. The average molecular weight is 355 g/mol. The fraction of sp³-hybridized carbons (Fsp3) is 0.167. The molecule has 2 aromatic heterocycles. The van der Waals surface area contributed by atoms with Crippen LogP contribution in [0.25, 0.3) is 5.69 Å². The molecule has 0 bridgehead atoms. The molecule has 6 nitrogen and oxygen atoms in total. The number of rotatable bonds is 6. The van der Waals surface area contributed by atoms with E-state index in [1.54, 1.807) is 22.9 Å². The molecule has 0 aliphatic rings. The summed E-state index contributed by atoms with van der Waals surface area (Å²) in [7, 11) is 0. The Morgan fingerprint density at radius 1 is 1.20 bits per heavy atom. The zero-order chi connectivity index (χ0) is 17.6. The molecule has 0 unspecified atom stereocenters. The molecular weight excluding hydrogens is 338 g/mol. The molecule has 0 saturated carbocycles. The Balaban J connectivity index is 1.56. The molecule has 1 amide bonds. The van der Waals surface area contributed by atoms with Gasteiger partial charge in [-0.2, -0.15) is 5.10 Å². The highest BCUT2D eigenvalue weighted by molar-refractivity contribution is 7.09. The molecule has 3 rings (SSSR count). The fourth-order valence-electron chi connectivity index (χ4n) is 2.30. The minimum absolute atomic E-state index is 0.319. The van der Waals surface area contributed by atoms with Gasteiger partial charge in [-0.3, -0.25) is 4.79 Å². The van der Waals surface area contributed by atoms with Crippen LogP contribution in [0.5, 0.6) is 0 Å². The van der Waals surface area contributed by atoms with Crippen LogP contribution in [-0.4, -0.2) is 28.3 Å². The summed E-state index contributed by atoms with van der Waals surface area (Å²) in [5, 5.41) is 8.87. The van der Waals surface area contributed by atoms with E-state index in [9.17, 15) is 9.59 Å². The molecule has 7 heteroatoms. The number of amides is 1. The third kappa shape index (κ3) is 4.13. The number of ether oxygens (including phenoxy) is 1. The fourth-order valence-corrected chi connectivity index (χ4v) is 2.94. The molecule has 0 atom stereocenters. The van der Waals surface area contributed by atoms with Gasteiger partial charge >= 0.3 is 5.97 Å². The molecule has 3 aromatic rings. The monoisotopic (exact) mass is 355 g/mol. The highest BCUT2D eigenvalue weighted by Gasteiger charge is 2.17. The molecule has 0 aliphatic carbocycles. The van der Waals surface area contributed by atoms with Crippen LogP contribution in [0.4, 0.5) is 0 Å². The van der Waals surface area contributed by atoms with E-state index < -0.39 is 5.97 Å². The number of hydrogen-bond donors (Lipinski definition) is 1. The van der Waals surface area contributed by atoms with Crippen LogP contribution in [-0.2, 0) is 16.1 Å². The van der Waals surface area contributed by atoms with Crippen LogP contribution in [0.3, 0.4) is 0 Å². The van der Waals surface area contributed by atoms with E-state index in [0.29, 0.717) is 17.8 Å². The minimum Gasteiger partial charge on any atom is -0.452 e. The lowest BCUT2D eigenvalue weighted by Gasteiger charge is -2.07. The first-order chi connectivity index (χ1) is 12.1. The third-order valence-electron chi connectivity index (χ3n) is 3.60. The zero-order valence-corrected chi connectivity index (χ0v) is 14.5. The quantitative estimate of drug-likeness (QED) is 0.690. The normalized spacial score (nSPS) is 10.4. The number of para-hydroxylation sites is 1. The second-order valence-corrected chi connectivity index (χ2v) is 6.36. The van der Waals surface area contributed by atoms with Crippen molar-refractivity contribution in [2.75, 3.05) is 6.61 Å². The molecular formula is C18H17N3O3S. The summed E-state index contributed by atoms with van der Waals surface area (Å²) in [4.78, 5) is 25.0. The number of esters is 1. The summed E-state index contributed by atoms with van der Waals surface area (Å²) in [5.74, 6) is -0.902. The summed E-state index contributed by atoms with van der Waals surface area (Å²) in [5.41, 5.74) is 1.86. The molecule has 0 radical (unpaired) electrons. The highest BCUT2D eigenvalue weighted by Crippen LogP contribution is 2.14. The van der Waals surface area contributed by atoms with Crippen molar-refractivity contribution in [3.63, 3.8) is 0 Å². The lowest BCUT2D eigenvalue weighted by atomic mass is 10.2. The van der Waals surface area contributed by atoms with Crippen molar-refractivity contribution in [2.24, 2.45) is 0 Å². The second kappa shape index (κ2) is 7.76. The van der Waals surface area contributed by atoms with E-state index in [1.165, 1.54) is 6.20 Å². The topological polar surface area (TPSA) is 73.2 Å². The molecule has 0 spiro atoms. The number of aromatic nitrogens is 2. The van der Waals surface area contributed by atoms with Crippen LogP contribution in [0.2, 0.25) is 0 Å². The van der Waals surface area contributed by atoms with Crippen LogP contribution < -0.4 is 5.32 Å². The van der Waals surface area contributed by atoms with E-state index in [-0.39, 0.29) is 12.5 Å². The molecule has 0 fully saturated rings. The maximum Gasteiger partial charge on any atom is 0.342 e. The molecule has 128 valence electrons. The Bertz CT molecular complexity index is 857. The Morgan fingerprint density at radius 3 is 2.72 bits per heavy atom. The average Bonchev–Trinajstić information content (AvgIpc) is 3.28. The van der Waals surface area contributed by atoms with Crippen molar-refractivity contribution in [1.82, 2.24) is 15.1 Å². The van der Waals surface area contributed by atoms with Crippen LogP contribution in [0.1, 0.15) is 20.9 Å². The second-order valence-electron chi connectivity index (χ2n) is 5.32. The van der Waals surface area contributed by atoms with Crippen molar-refractivity contribution < 1.29 is 14.3 Å². The number of carbonyl (C=O) groups excluding carboxylic acids is 2. The highest BCUT2D eigenvalue weighted by atomic mass is 32.1. The number of nitrogens with zero attached hydrogens (tertiary/aromatic N) is 2. The third-order valence-corrected chi connectivity index (χ3v) is 4.48. The van der Waals surface area contributed by atoms with E-state index in [2.05, 4.69) is 10.4 Å². The smallest absolute Gasteiger partial charge is 0.342 e. The predicted octanol–water partition coefficient (Wildman–Crippen LogP) is 2.72. The van der Waals surface area contributed by atoms with Gasteiger partial charge in [0.2, 0.25) is 0 Å². The van der Waals surface area contributed by atoms with E-state index in [4.69, 9.17) is 4.74 Å². The van der Waals surface area contributed by atoms with Crippen LogP contribution in [0.15, 0.2) is 54.0 Å². The van der Waals surface area contributed by atoms with Gasteiger partial charge in [-0.15, -0.1) is 11.3 Å². The number of thiophene rings is 1. The first kappa shape index (κ1) is 16.9. The first-order valence-corrected chi connectivity index (χ1v) is 8.59. The molecule has 25 heavy (non-hydrogen) atoms. The van der Waals surface area contributed by atoms with E-state index >= 15 is 0 Å². The van der Waals surface area contributed by atoms with E-state index in [0.717, 1.165) is 10.6 Å². The molecule has 2 heterocycles. The lowest BCUT2D eigenvalue weighted by molar-refractivity contribution is -0.124. The molecule has 1 aromatic carbocycles. The zero-order valence-electron chi connectivity index (χ0n) is 13.6. The van der Waals surface area contributed by atoms with E-state index in [1.807, 2.05) is 47.8 Å². The summed E-state index contributed by atoms with van der Waals surface area (Å²) in [6.07, 6.45) is 1.45. The van der Waals surface area contributed by atoms with Crippen molar-refractivity contribution in [3.05, 3.63) is 70.2 Å². The van der Waals surface area contributed by atoms with Gasteiger partial charge in [0.1, 0.15) is 5.56 Å². The van der Waals surface area contributed by atoms with Gasteiger partial charge in [-0.1, -0.05) is 24.3 Å². The van der Waals surface area contributed by atoms with Gasteiger partial charge in [-0.05, 0) is 30.5 Å². The van der Waals surface area contributed by atoms with Crippen molar-refractivity contribution in [2.45, 2.75) is 13.5 Å². The summed E-state index contributed by atoms with van der Waals surface area (Å²) >= 11 is 1.56. The Hall–Kier alpha value is -2.93. The van der Waals surface area contributed by atoms with Crippen molar-refractivity contribution in [3.8, 4) is 5.69 Å². The standard InChI is InChI=1S/C18H17N3O3S/c1-13-16(11-20-21(13)14-6-3-2-4-7-14)18(23)24-12-17(22)19-10-15-8-5-9-25-15/h2-9,11H,10,12H2,1H3,(H,19,22). The Morgan fingerprint density at radius 2 is 2.00 bits per heavy atom. The Labute approximate surface area is 149 Å². The van der Waals surface area contributed by atoms with Gasteiger partial charge in [0.05, 0.1) is 24.1 Å². The number of carbonyl (C=O) groups is 2. The van der Waals surface area contributed by atoms with Gasteiger partial charge < -0.3 is 10.1 Å². The Kier molecular flexibility index (Phi) is 5.25. The van der Waals surface area contributed by atoms with Gasteiger partial charge in [-0.25, -0.2) is 9.48 Å². The molecule has 1 N–H and O–H groups in total. The minimum atomic E-state index is -0.564. The van der Waals surface area contributed by atoms with Crippen molar-refractivity contribution >= 4 is 23.2 Å². The largest absolute Gasteiger partial charge is 0.452 e. The van der Waals surface area contributed by atoms with Gasteiger partial charge in [0, 0.05) is 4.88 Å². The maximum atomic E-state index is 12.2. The van der Waals surface area contributed by atoms with Crippen LogP contribution in [0, 0.1) is 6.92 Å². The number of nitrogens with one attached hydrogen (secondary N) is 1. The summed E-state index contributed by atoms with van der Waals surface area (Å²) in [6, 6.07) is 13.3. The number of benzene rings is 1. The van der Waals surface area contributed by atoms with Crippen LogP contribution >= 0.6 is 11.3 Å². The van der Waals surface area contributed by atoms with Crippen molar-refractivity contribution in [1.29, 1.82) is 0 Å². The summed E-state index contributed by atoms with van der Waals surface area (Å²) in [6.45, 7) is 1.90. The van der Waals surface area contributed by atoms with Gasteiger partial charge in [0.25, 0.3) is 5.91 Å². The SMILES string of the molecule is Cc1c(C(=O)OCC(=O)NCc2cccs2)cnn1-c1ccccc1. The maximum absolute atomic E-state index is 12.2. The van der Waals surface area contributed by atoms with Gasteiger partial charge in [0.15, 0.2) is 6.61 Å². The summed E-state index contributed by atoms with van der Waals surface area (Å²) < 4.78 is 6.75. The lowest BCUT2D eigenvalue weighted by Crippen LogP contribution is -2.28. The predicted molar refractivity (Wildman–Crippen MR) is 94.7 cm³/mol. The molecule has 0 aliphatic heterocycles. The number of hydrogen-bond acceptors (Lipinski definition) is 5. The first-order valence-electron chi connectivity index (χ1n) is 7.71.